The molecule has 256 valence electrons. The van der Waals surface area contributed by atoms with E-state index in [4.69, 9.17) is 21.4 Å². The van der Waals surface area contributed by atoms with Crippen LogP contribution in [0.2, 0.25) is 0 Å². The molecule has 8 N–H and O–H groups in total. The molecule has 0 aliphatic heterocycles. The molecule has 2 rings (SSSR count). The number of aliphatic carboxylic acids is 1. The first-order valence-corrected chi connectivity index (χ1v) is 15.6. The van der Waals surface area contributed by atoms with Crippen LogP contribution in [0.4, 0.5) is 13.2 Å². The summed E-state index contributed by atoms with van der Waals surface area (Å²) in [5.41, 5.74) is 13.4. The van der Waals surface area contributed by atoms with Crippen molar-refractivity contribution in [3.63, 3.8) is 0 Å². The number of nitrogens with one attached hydrogen (secondary N) is 2. The van der Waals surface area contributed by atoms with Crippen LogP contribution in [0.1, 0.15) is 78.2 Å². The maximum Gasteiger partial charge on any atom is 0.490 e. The van der Waals surface area contributed by atoms with Crippen LogP contribution in [0.3, 0.4) is 0 Å². The van der Waals surface area contributed by atoms with E-state index in [0.717, 1.165) is 31.2 Å². The van der Waals surface area contributed by atoms with Crippen molar-refractivity contribution in [2.24, 2.45) is 35.1 Å². The molecule has 0 heterocycles. The molecule has 1 aromatic rings. The summed E-state index contributed by atoms with van der Waals surface area (Å²) in [5.74, 6) is -4.14. The number of ketones is 1. The summed E-state index contributed by atoms with van der Waals surface area (Å²) in [7, 11) is 0. The Kier molecular flexibility index (Phi) is 17.3. The Hall–Kier alpha value is -3.03. The van der Waals surface area contributed by atoms with Crippen molar-refractivity contribution in [1.82, 2.24) is 10.6 Å². The summed E-state index contributed by atoms with van der Waals surface area (Å²) in [6, 6.07) is 6.63. The molecule has 13 heteroatoms. The Labute approximate surface area is 263 Å². The van der Waals surface area contributed by atoms with E-state index in [-0.39, 0.29) is 23.5 Å². The molecular weight excluding hydrogens is 593 g/mol. The molecule has 0 bridgehead atoms. The second-order valence-corrected chi connectivity index (χ2v) is 12.7. The topological polar surface area (TPSA) is 185 Å². The second-order valence-electron chi connectivity index (χ2n) is 12.7. The molecule has 1 unspecified atom stereocenters. The number of carbonyl (C=O) groups excluding carboxylic acids is 3. The Balaban J connectivity index is 0.00000129. The van der Waals surface area contributed by atoms with Gasteiger partial charge >= 0.3 is 12.1 Å². The smallest absolute Gasteiger partial charge is 0.475 e. The maximum absolute atomic E-state index is 14.0. The summed E-state index contributed by atoms with van der Waals surface area (Å²) in [4.78, 5) is 48.7. The largest absolute Gasteiger partial charge is 0.490 e. The first-order chi connectivity index (χ1) is 20.9. The van der Waals surface area contributed by atoms with Gasteiger partial charge in [0.25, 0.3) is 0 Å². The van der Waals surface area contributed by atoms with Gasteiger partial charge < -0.3 is 32.3 Å². The average molecular weight is 645 g/mol. The highest BCUT2D eigenvalue weighted by Gasteiger charge is 2.40. The third kappa shape index (κ3) is 15.2. The molecule has 0 spiro atoms. The van der Waals surface area contributed by atoms with Crippen molar-refractivity contribution in [3.05, 3.63) is 35.9 Å². The van der Waals surface area contributed by atoms with E-state index in [1.54, 1.807) is 0 Å². The van der Waals surface area contributed by atoms with Gasteiger partial charge in [-0.2, -0.15) is 13.2 Å². The van der Waals surface area contributed by atoms with Crippen molar-refractivity contribution < 1.29 is 42.6 Å². The van der Waals surface area contributed by atoms with Crippen LogP contribution < -0.4 is 22.1 Å². The van der Waals surface area contributed by atoms with Crippen molar-refractivity contribution in [1.29, 1.82) is 0 Å². The van der Waals surface area contributed by atoms with Crippen molar-refractivity contribution >= 4 is 23.6 Å². The lowest BCUT2D eigenvalue weighted by Gasteiger charge is -2.33. The van der Waals surface area contributed by atoms with Crippen molar-refractivity contribution in [2.45, 2.75) is 109 Å². The Bertz CT molecular complexity index is 1060. The normalized spacial score (nSPS) is 17.3. The minimum Gasteiger partial charge on any atom is -0.475 e. The van der Waals surface area contributed by atoms with Crippen LogP contribution in [-0.2, 0) is 25.6 Å². The number of aliphatic hydroxyl groups is 1. The monoisotopic (exact) mass is 644 g/mol. The van der Waals surface area contributed by atoms with Gasteiger partial charge in [-0.3, -0.25) is 14.4 Å². The van der Waals surface area contributed by atoms with Gasteiger partial charge in [0, 0.05) is 12.5 Å². The van der Waals surface area contributed by atoms with Crippen LogP contribution in [0.15, 0.2) is 30.3 Å². The van der Waals surface area contributed by atoms with Crippen molar-refractivity contribution in [2.75, 3.05) is 6.54 Å². The quantitative estimate of drug-likeness (QED) is 0.168. The number of Topliss-reactive ketones (excluding diaryl/α,β-unsaturated/α-hetero) is 1. The van der Waals surface area contributed by atoms with Gasteiger partial charge in [-0.25, -0.2) is 4.79 Å². The zero-order chi connectivity index (χ0) is 34.3. The number of carbonyl (C=O) groups is 4. The van der Waals surface area contributed by atoms with Gasteiger partial charge in [-0.15, -0.1) is 0 Å². The highest BCUT2D eigenvalue weighted by Crippen LogP contribution is 2.32. The molecule has 45 heavy (non-hydrogen) atoms. The number of carboxylic acid groups (broad SMARTS) is 1. The average Bonchev–Trinajstić information content (AvgIpc) is 2.97. The number of alkyl halides is 3. The fourth-order valence-corrected chi connectivity index (χ4v) is 5.25. The number of hydrogen-bond acceptors (Lipinski definition) is 7. The molecule has 2 amide bonds. The summed E-state index contributed by atoms with van der Waals surface area (Å²) in [5, 5.41) is 24.1. The number of hydrogen-bond donors (Lipinski definition) is 6. The molecule has 0 aromatic heterocycles. The standard InChI is InChI=1S/C30H50N4O4.C2HF3O2/c1-19(2)15-25(34-29(37)24(31)17-22-13-9-6-10-14-22)27(35)23(16-21-11-7-5-8-12-21)28(36)26(32)30(38)33-18-20(3)4;3-2(4,5)1(6)7/h6,9-10,13-14,19-21,23-26,28,36H,5,7-8,11-12,15-18,31-32H2,1-4H3,(H,33,38)(H,34,37);(H,6,7)/t23-,24+,25+,26?,28+;/m1./s1. The first kappa shape index (κ1) is 40.0. The summed E-state index contributed by atoms with van der Waals surface area (Å²) in [6.07, 6.45) is 0.0809. The van der Waals surface area contributed by atoms with E-state index < -0.39 is 54.1 Å². The van der Waals surface area contributed by atoms with E-state index in [2.05, 4.69) is 10.6 Å². The number of halogens is 3. The highest BCUT2D eigenvalue weighted by molar-refractivity contribution is 5.93. The highest BCUT2D eigenvalue weighted by atomic mass is 19.4. The van der Waals surface area contributed by atoms with E-state index >= 15 is 0 Å². The third-order valence-electron chi connectivity index (χ3n) is 7.69. The minimum absolute atomic E-state index is 0.116. The van der Waals surface area contributed by atoms with E-state index in [9.17, 15) is 32.7 Å². The van der Waals surface area contributed by atoms with E-state index in [1.165, 1.54) is 6.42 Å². The summed E-state index contributed by atoms with van der Waals surface area (Å²) < 4.78 is 31.7. The molecule has 1 aromatic carbocycles. The van der Waals surface area contributed by atoms with Crippen LogP contribution >= 0.6 is 0 Å². The summed E-state index contributed by atoms with van der Waals surface area (Å²) in [6.45, 7) is 8.34. The van der Waals surface area contributed by atoms with Gasteiger partial charge in [0.2, 0.25) is 11.8 Å². The first-order valence-electron chi connectivity index (χ1n) is 15.6. The summed E-state index contributed by atoms with van der Waals surface area (Å²) >= 11 is 0. The van der Waals surface area contributed by atoms with Crippen LogP contribution in [0.5, 0.6) is 0 Å². The molecule has 5 atom stereocenters. The van der Waals surface area contributed by atoms with E-state index in [1.807, 2.05) is 58.0 Å². The lowest BCUT2D eigenvalue weighted by atomic mass is 9.76. The number of rotatable bonds is 15. The zero-order valence-electron chi connectivity index (χ0n) is 26.7. The number of benzene rings is 1. The van der Waals surface area contributed by atoms with Crippen LogP contribution in [0.25, 0.3) is 0 Å². The molecule has 1 aliphatic rings. The van der Waals surface area contributed by atoms with Gasteiger partial charge in [0.15, 0.2) is 5.78 Å². The molecule has 0 saturated heterocycles. The van der Waals surface area contributed by atoms with Crippen LogP contribution in [-0.4, -0.2) is 70.7 Å². The van der Waals surface area contributed by atoms with Gasteiger partial charge in [0.1, 0.15) is 6.04 Å². The number of aliphatic hydroxyl groups excluding tert-OH is 1. The number of nitrogens with two attached hydrogens (primary N) is 2. The third-order valence-corrected chi connectivity index (χ3v) is 7.69. The molecule has 1 saturated carbocycles. The Morgan fingerprint density at radius 2 is 1.49 bits per heavy atom. The lowest BCUT2D eigenvalue weighted by Crippen LogP contribution is -2.57. The molecular formula is C32H51F3N4O6. The zero-order valence-corrected chi connectivity index (χ0v) is 26.7. The van der Waals surface area contributed by atoms with Crippen LogP contribution in [0, 0.1) is 23.7 Å². The maximum atomic E-state index is 14.0. The Morgan fingerprint density at radius 1 is 0.933 bits per heavy atom. The predicted molar refractivity (Wildman–Crippen MR) is 165 cm³/mol. The second kappa shape index (κ2) is 19.5. The fraction of sp³-hybridized carbons (Fsp3) is 0.688. The predicted octanol–water partition coefficient (Wildman–Crippen LogP) is 3.34. The SMILES string of the molecule is CC(C)CNC(=O)C(N)[C@@H](O)[C@H](CC1CCCCC1)C(=O)[C@H](CC(C)C)NC(=O)[C@@H](N)Cc1ccccc1.O=C(O)C(F)(F)F. The Morgan fingerprint density at radius 3 is 1.98 bits per heavy atom. The number of carboxylic acids is 1. The minimum atomic E-state index is -5.08. The van der Waals surface area contributed by atoms with Gasteiger partial charge in [0.05, 0.1) is 18.2 Å². The molecule has 1 aliphatic carbocycles. The molecule has 1 fully saturated rings. The van der Waals surface area contributed by atoms with Crippen molar-refractivity contribution in [3.8, 4) is 0 Å². The fourth-order valence-electron chi connectivity index (χ4n) is 5.25. The van der Waals surface area contributed by atoms with Gasteiger partial charge in [-0.05, 0) is 42.6 Å². The molecule has 10 nitrogen and oxygen atoms in total. The van der Waals surface area contributed by atoms with E-state index in [0.29, 0.717) is 25.8 Å². The number of amides is 2. The van der Waals surface area contributed by atoms with Gasteiger partial charge in [-0.1, -0.05) is 90.1 Å². The lowest BCUT2D eigenvalue weighted by molar-refractivity contribution is -0.192. The molecule has 0 radical (unpaired) electrons.